The molecule has 0 aliphatic rings. The Morgan fingerprint density at radius 2 is 1.78 bits per heavy atom. The Hall–Kier alpha value is -2.18. The van der Waals surface area contributed by atoms with Crippen molar-refractivity contribution >= 4 is 22.5 Å². The van der Waals surface area contributed by atoms with Gasteiger partial charge in [-0.2, -0.15) is 0 Å². The van der Waals surface area contributed by atoms with E-state index in [-0.39, 0.29) is 18.7 Å². The molecule has 2 aromatic carbocycles. The van der Waals surface area contributed by atoms with Crippen molar-refractivity contribution in [1.29, 1.82) is 0 Å². The van der Waals surface area contributed by atoms with Gasteiger partial charge in [-0.05, 0) is 36.2 Å². The molecular formula is C17H20N2O3S. The van der Waals surface area contributed by atoms with Crippen LogP contribution in [0, 0.1) is 0 Å². The number of nitrogens with one attached hydrogen (secondary N) is 2. The average molecular weight is 332 g/mol. The van der Waals surface area contributed by atoms with Crippen molar-refractivity contribution in [2.45, 2.75) is 17.4 Å². The van der Waals surface area contributed by atoms with E-state index in [0.717, 1.165) is 5.56 Å². The van der Waals surface area contributed by atoms with E-state index in [1.165, 1.54) is 0 Å². The maximum atomic E-state index is 12.0. The second kappa shape index (κ2) is 8.45. The van der Waals surface area contributed by atoms with E-state index in [2.05, 4.69) is 10.6 Å². The zero-order chi connectivity index (χ0) is 16.7. The highest BCUT2D eigenvalue weighted by atomic mass is 32.2. The number of aliphatic hydroxyl groups is 1. The van der Waals surface area contributed by atoms with Crippen molar-refractivity contribution < 1.29 is 14.1 Å². The van der Waals surface area contributed by atoms with E-state index in [1.807, 2.05) is 30.3 Å². The molecule has 6 heteroatoms. The Morgan fingerprint density at radius 1 is 1.13 bits per heavy atom. The van der Waals surface area contributed by atoms with Gasteiger partial charge in [0.25, 0.3) is 0 Å². The minimum atomic E-state index is -1.04. The maximum absolute atomic E-state index is 12.0. The molecule has 0 saturated carbocycles. The Bertz CT molecular complexity index is 659. The molecule has 2 aromatic rings. The molecule has 1 unspecified atom stereocenters. The molecule has 3 N–H and O–H groups in total. The normalized spacial score (nSPS) is 13.1. The summed E-state index contributed by atoms with van der Waals surface area (Å²) in [7, 11) is -1.04. The lowest BCUT2D eigenvalue weighted by atomic mass is 10.1. The van der Waals surface area contributed by atoms with Gasteiger partial charge < -0.3 is 15.7 Å². The van der Waals surface area contributed by atoms with Crippen LogP contribution in [0.15, 0.2) is 59.5 Å². The van der Waals surface area contributed by atoms with Crippen LogP contribution in [0.2, 0.25) is 0 Å². The molecule has 0 aliphatic carbocycles. The van der Waals surface area contributed by atoms with E-state index in [9.17, 15) is 14.1 Å². The molecule has 0 bridgehead atoms. The molecule has 0 saturated heterocycles. The summed E-state index contributed by atoms with van der Waals surface area (Å²) in [5.74, 6) is 0. The van der Waals surface area contributed by atoms with Crippen LogP contribution in [0.4, 0.5) is 10.5 Å². The third-order valence-electron chi connectivity index (χ3n) is 3.32. The summed E-state index contributed by atoms with van der Waals surface area (Å²) in [4.78, 5) is 12.7. The van der Waals surface area contributed by atoms with Crippen LogP contribution >= 0.6 is 0 Å². The number of hydrogen-bond acceptors (Lipinski definition) is 3. The van der Waals surface area contributed by atoms with Gasteiger partial charge in [0.15, 0.2) is 0 Å². The first-order valence-corrected chi connectivity index (χ1v) is 8.80. The largest absolute Gasteiger partial charge is 0.394 e. The Morgan fingerprint density at radius 3 is 2.35 bits per heavy atom. The lowest BCUT2D eigenvalue weighted by molar-refractivity contribution is 0.224. The van der Waals surface area contributed by atoms with E-state index in [4.69, 9.17) is 0 Å². The minimum absolute atomic E-state index is 0.143. The van der Waals surface area contributed by atoms with Gasteiger partial charge in [-0.1, -0.05) is 30.3 Å². The zero-order valence-corrected chi connectivity index (χ0v) is 13.7. The monoisotopic (exact) mass is 332 g/mol. The predicted molar refractivity (Wildman–Crippen MR) is 91.9 cm³/mol. The molecule has 0 radical (unpaired) electrons. The van der Waals surface area contributed by atoms with Crippen molar-refractivity contribution in [2.75, 3.05) is 18.2 Å². The molecule has 0 aromatic heterocycles. The fourth-order valence-corrected chi connectivity index (χ4v) is 2.66. The van der Waals surface area contributed by atoms with Crippen LogP contribution in [-0.4, -0.2) is 34.3 Å². The van der Waals surface area contributed by atoms with Crippen molar-refractivity contribution in [3.05, 3.63) is 60.2 Å². The molecule has 5 nitrogen and oxygen atoms in total. The Kier molecular flexibility index (Phi) is 6.31. The van der Waals surface area contributed by atoms with Crippen molar-refractivity contribution in [3.63, 3.8) is 0 Å². The molecular weight excluding hydrogens is 312 g/mol. The number of anilines is 1. The number of urea groups is 1. The first-order valence-electron chi connectivity index (χ1n) is 7.24. The number of aliphatic hydroxyl groups excluding tert-OH is 1. The van der Waals surface area contributed by atoms with E-state index in [1.54, 1.807) is 30.5 Å². The van der Waals surface area contributed by atoms with Gasteiger partial charge in [-0.25, -0.2) is 4.79 Å². The van der Waals surface area contributed by atoms with Gasteiger partial charge >= 0.3 is 6.03 Å². The average Bonchev–Trinajstić information content (AvgIpc) is 2.55. The van der Waals surface area contributed by atoms with Gasteiger partial charge in [0.05, 0.1) is 12.6 Å². The number of rotatable bonds is 6. The number of carbonyl (C=O) groups excluding carboxylic acids is 1. The summed E-state index contributed by atoms with van der Waals surface area (Å²) < 4.78 is 11.3. The summed E-state index contributed by atoms with van der Waals surface area (Å²) in [5, 5.41) is 14.9. The predicted octanol–water partition coefficient (Wildman–Crippen LogP) is 2.15. The standard InChI is InChI=1S/C17H20N2O3S/c1-23(22)16-9-7-14(8-10-16)18-17(21)19-15(12-20)11-13-5-3-2-4-6-13/h2-10,15,20H,11-12H2,1H3,(H2,18,19,21)/t15-,23?/m1/s1. The topological polar surface area (TPSA) is 78.4 Å². The Labute approximate surface area is 138 Å². The van der Waals surface area contributed by atoms with Crippen LogP contribution in [0.5, 0.6) is 0 Å². The van der Waals surface area contributed by atoms with Crippen molar-refractivity contribution in [3.8, 4) is 0 Å². The molecule has 0 spiro atoms. The maximum Gasteiger partial charge on any atom is 0.319 e. The molecule has 2 atom stereocenters. The van der Waals surface area contributed by atoms with Crippen LogP contribution in [0.3, 0.4) is 0 Å². The fraction of sp³-hybridized carbons (Fsp3) is 0.235. The van der Waals surface area contributed by atoms with Crippen LogP contribution in [-0.2, 0) is 17.2 Å². The smallest absolute Gasteiger partial charge is 0.319 e. The number of amides is 2. The van der Waals surface area contributed by atoms with Gasteiger partial charge in [0.2, 0.25) is 0 Å². The third-order valence-corrected chi connectivity index (χ3v) is 4.26. The van der Waals surface area contributed by atoms with Gasteiger partial charge in [-0.3, -0.25) is 4.21 Å². The lowest BCUT2D eigenvalue weighted by Gasteiger charge is -2.17. The Balaban J connectivity index is 1.90. The molecule has 2 rings (SSSR count). The van der Waals surface area contributed by atoms with E-state index >= 15 is 0 Å². The summed E-state index contributed by atoms with van der Waals surface area (Å²) >= 11 is 0. The highest BCUT2D eigenvalue weighted by Crippen LogP contribution is 2.12. The quantitative estimate of drug-likeness (QED) is 0.758. The van der Waals surface area contributed by atoms with Crippen LogP contribution in [0.1, 0.15) is 5.56 Å². The van der Waals surface area contributed by atoms with Gasteiger partial charge in [0.1, 0.15) is 0 Å². The van der Waals surface area contributed by atoms with Crippen LogP contribution in [0.25, 0.3) is 0 Å². The molecule has 0 fully saturated rings. The molecule has 0 aliphatic heterocycles. The van der Waals surface area contributed by atoms with E-state index in [0.29, 0.717) is 17.0 Å². The van der Waals surface area contributed by atoms with Crippen LogP contribution < -0.4 is 10.6 Å². The molecule has 122 valence electrons. The molecule has 23 heavy (non-hydrogen) atoms. The number of hydrogen-bond donors (Lipinski definition) is 3. The summed E-state index contributed by atoms with van der Waals surface area (Å²) in [5.41, 5.74) is 1.65. The summed E-state index contributed by atoms with van der Waals surface area (Å²) in [6.45, 7) is -0.143. The summed E-state index contributed by atoms with van der Waals surface area (Å²) in [6, 6.07) is 15.7. The first-order chi connectivity index (χ1) is 11.1. The molecule has 0 heterocycles. The second-order valence-electron chi connectivity index (χ2n) is 5.15. The first kappa shape index (κ1) is 17.2. The SMILES string of the molecule is CS(=O)c1ccc(NC(=O)N[C@@H](CO)Cc2ccccc2)cc1. The van der Waals surface area contributed by atoms with E-state index < -0.39 is 10.8 Å². The minimum Gasteiger partial charge on any atom is -0.394 e. The fourth-order valence-electron chi connectivity index (χ4n) is 2.14. The lowest BCUT2D eigenvalue weighted by Crippen LogP contribution is -2.41. The highest BCUT2D eigenvalue weighted by Gasteiger charge is 2.12. The zero-order valence-electron chi connectivity index (χ0n) is 12.9. The van der Waals surface area contributed by atoms with Crippen molar-refractivity contribution in [1.82, 2.24) is 5.32 Å². The van der Waals surface area contributed by atoms with Gasteiger partial charge in [-0.15, -0.1) is 0 Å². The second-order valence-corrected chi connectivity index (χ2v) is 6.53. The number of carbonyl (C=O) groups is 1. The molecule has 2 amide bonds. The number of benzene rings is 2. The van der Waals surface area contributed by atoms with Crippen molar-refractivity contribution in [2.24, 2.45) is 0 Å². The van der Waals surface area contributed by atoms with Gasteiger partial charge in [0, 0.05) is 27.6 Å². The summed E-state index contributed by atoms with van der Waals surface area (Å²) in [6.07, 6.45) is 2.16. The highest BCUT2D eigenvalue weighted by molar-refractivity contribution is 7.84. The third kappa shape index (κ3) is 5.50.